The highest BCUT2D eigenvalue weighted by Gasteiger charge is 2.25. The Morgan fingerprint density at radius 2 is 1.35 bits per heavy atom. The third-order valence-corrected chi connectivity index (χ3v) is 2.55. The lowest BCUT2D eigenvalue weighted by atomic mass is 9.96. The summed E-state index contributed by atoms with van der Waals surface area (Å²) < 4.78 is 9.84. The molecule has 0 aromatic carbocycles. The highest BCUT2D eigenvalue weighted by Crippen LogP contribution is 2.18. The molecule has 0 fully saturated rings. The van der Waals surface area contributed by atoms with Crippen LogP contribution < -0.4 is 0 Å². The van der Waals surface area contributed by atoms with Crippen molar-refractivity contribution in [1.29, 1.82) is 0 Å². The Labute approximate surface area is 118 Å². The maximum Gasteiger partial charge on any atom is 0.330 e. The fraction of sp³-hybridized carbons (Fsp3) is 0.500. The zero-order chi connectivity index (χ0) is 15.7. The van der Waals surface area contributed by atoms with Crippen LogP contribution in [0.1, 0.15) is 26.7 Å². The lowest BCUT2D eigenvalue weighted by Gasteiger charge is -2.20. The average molecular weight is 284 g/mol. The first-order chi connectivity index (χ1) is 9.29. The van der Waals surface area contributed by atoms with Crippen LogP contribution in [0.25, 0.3) is 0 Å². The average Bonchev–Trinajstić information content (AvgIpc) is 2.37. The van der Waals surface area contributed by atoms with Crippen molar-refractivity contribution < 1.29 is 29.0 Å². The fourth-order valence-electron chi connectivity index (χ4n) is 1.69. The molecule has 0 heterocycles. The first-order valence-corrected chi connectivity index (χ1v) is 6.19. The predicted octanol–water partition coefficient (Wildman–Crippen LogP) is 1.70. The molecule has 0 radical (unpaired) electrons. The molecule has 0 spiro atoms. The number of hydrogen-bond acceptors (Lipinski definition) is 5. The van der Waals surface area contributed by atoms with Gasteiger partial charge in [-0.15, -0.1) is 0 Å². The number of carbonyl (C=O) groups is 3. The number of rotatable bonds is 9. The van der Waals surface area contributed by atoms with Gasteiger partial charge in [-0.25, -0.2) is 9.59 Å². The van der Waals surface area contributed by atoms with E-state index >= 15 is 0 Å². The second-order valence-corrected chi connectivity index (χ2v) is 4.41. The van der Waals surface area contributed by atoms with Crippen LogP contribution in [0.5, 0.6) is 0 Å². The molecule has 0 aliphatic heterocycles. The smallest absolute Gasteiger partial charge is 0.330 e. The summed E-state index contributed by atoms with van der Waals surface area (Å²) in [6, 6.07) is 0. The maximum atomic E-state index is 11.2. The second-order valence-electron chi connectivity index (χ2n) is 4.41. The molecule has 0 aromatic rings. The van der Waals surface area contributed by atoms with Gasteiger partial charge in [-0.1, -0.05) is 13.2 Å². The molecule has 1 N–H and O–H groups in total. The van der Waals surface area contributed by atoms with Crippen molar-refractivity contribution in [3.8, 4) is 0 Å². The number of ether oxygens (including phenoxy) is 2. The van der Waals surface area contributed by atoms with Gasteiger partial charge in [0.15, 0.2) is 0 Å². The van der Waals surface area contributed by atoms with Gasteiger partial charge < -0.3 is 14.6 Å². The van der Waals surface area contributed by atoms with Gasteiger partial charge in [0.05, 0.1) is 5.92 Å². The van der Waals surface area contributed by atoms with Crippen LogP contribution in [0.15, 0.2) is 25.3 Å². The molecule has 0 saturated carbocycles. The molecule has 0 aliphatic rings. The topological polar surface area (TPSA) is 89.9 Å². The number of esters is 2. The summed E-state index contributed by atoms with van der Waals surface area (Å²) in [4.78, 5) is 33.2. The van der Waals surface area contributed by atoms with E-state index in [-0.39, 0.29) is 12.8 Å². The molecular formula is C14H20O6. The van der Waals surface area contributed by atoms with Crippen molar-refractivity contribution in [2.24, 2.45) is 5.92 Å². The molecule has 6 nitrogen and oxygen atoms in total. The van der Waals surface area contributed by atoms with Crippen LogP contribution in [-0.4, -0.2) is 35.2 Å². The Morgan fingerprint density at radius 1 is 1.00 bits per heavy atom. The summed E-state index contributed by atoms with van der Waals surface area (Å²) in [5.74, 6) is -3.02. The van der Waals surface area contributed by atoms with Crippen molar-refractivity contribution in [1.82, 2.24) is 0 Å². The highest BCUT2D eigenvalue weighted by atomic mass is 16.5. The van der Waals surface area contributed by atoms with Crippen LogP contribution in [0.3, 0.4) is 0 Å². The lowest BCUT2D eigenvalue weighted by molar-refractivity contribution is -0.151. The molecular weight excluding hydrogens is 264 g/mol. The summed E-state index contributed by atoms with van der Waals surface area (Å²) in [5.41, 5.74) is 0. The van der Waals surface area contributed by atoms with Gasteiger partial charge in [0.1, 0.15) is 12.2 Å². The number of carboxylic acid groups (broad SMARTS) is 1. The quantitative estimate of drug-likeness (QED) is 0.512. The van der Waals surface area contributed by atoms with Crippen LogP contribution >= 0.6 is 0 Å². The Kier molecular flexibility index (Phi) is 7.96. The van der Waals surface area contributed by atoms with E-state index in [0.29, 0.717) is 0 Å². The lowest BCUT2D eigenvalue weighted by Crippen LogP contribution is -2.27. The van der Waals surface area contributed by atoms with E-state index in [9.17, 15) is 14.4 Å². The van der Waals surface area contributed by atoms with Crippen LogP contribution in [-0.2, 0) is 23.9 Å². The molecule has 0 rings (SSSR count). The molecule has 0 bridgehead atoms. The molecule has 0 aromatic heterocycles. The zero-order valence-corrected chi connectivity index (χ0v) is 11.7. The summed E-state index contributed by atoms with van der Waals surface area (Å²) >= 11 is 0. The second kappa shape index (κ2) is 8.90. The largest absolute Gasteiger partial charge is 0.481 e. The number of aliphatic carboxylic acids is 1. The van der Waals surface area contributed by atoms with E-state index in [0.717, 1.165) is 12.2 Å². The molecule has 2 unspecified atom stereocenters. The first kappa shape index (κ1) is 17.9. The van der Waals surface area contributed by atoms with Gasteiger partial charge in [0.25, 0.3) is 0 Å². The summed E-state index contributed by atoms with van der Waals surface area (Å²) in [7, 11) is 0. The van der Waals surface area contributed by atoms with E-state index < -0.39 is 36.0 Å². The third-order valence-electron chi connectivity index (χ3n) is 2.55. The van der Waals surface area contributed by atoms with Crippen LogP contribution in [0.4, 0.5) is 0 Å². The molecule has 2 atom stereocenters. The normalized spacial score (nSPS) is 14.5. The summed E-state index contributed by atoms with van der Waals surface area (Å²) in [6.07, 6.45) is 1.16. The zero-order valence-electron chi connectivity index (χ0n) is 11.7. The minimum Gasteiger partial charge on any atom is -0.481 e. The van der Waals surface area contributed by atoms with Crippen molar-refractivity contribution in [2.45, 2.75) is 38.9 Å². The van der Waals surface area contributed by atoms with E-state index in [2.05, 4.69) is 13.2 Å². The van der Waals surface area contributed by atoms with E-state index in [4.69, 9.17) is 14.6 Å². The Morgan fingerprint density at radius 3 is 1.60 bits per heavy atom. The Balaban J connectivity index is 4.46. The van der Waals surface area contributed by atoms with Gasteiger partial charge >= 0.3 is 17.9 Å². The van der Waals surface area contributed by atoms with Crippen molar-refractivity contribution >= 4 is 17.9 Å². The molecule has 0 amide bonds. The van der Waals surface area contributed by atoms with E-state index in [1.807, 2.05) is 0 Å². The standard InChI is InChI=1S/C14H20O6/c1-5-12(15)19-9(3)7-11(14(17)18)8-10(4)20-13(16)6-2/h5-6,9-11H,1-2,7-8H2,3-4H3,(H,17,18). The van der Waals surface area contributed by atoms with Gasteiger partial charge in [0, 0.05) is 12.2 Å². The van der Waals surface area contributed by atoms with Gasteiger partial charge in [-0.3, -0.25) is 4.79 Å². The molecule has 0 aliphatic carbocycles. The molecule has 6 heteroatoms. The minimum absolute atomic E-state index is 0.130. The van der Waals surface area contributed by atoms with Crippen molar-refractivity contribution in [3.63, 3.8) is 0 Å². The SMILES string of the molecule is C=CC(=O)OC(C)CC(CC(C)OC(=O)C=C)C(=O)O. The monoisotopic (exact) mass is 284 g/mol. The summed E-state index contributed by atoms with van der Waals surface area (Å²) in [6.45, 7) is 9.71. The maximum absolute atomic E-state index is 11.2. The minimum atomic E-state index is -1.03. The van der Waals surface area contributed by atoms with E-state index in [1.54, 1.807) is 13.8 Å². The first-order valence-electron chi connectivity index (χ1n) is 6.19. The Bertz CT molecular complexity index is 357. The molecule has 112 valence electrons. The van der Waals surface area contributed by atoms with Crippen molar-refractivity contribution in [3.05, 3.63) is 25.3 Å². The van der Waals surface area contributed by atoms with Gasteiger partial charge in [0.2, 0.25) is 0 Å². The van der Waals surface area contributed by atoms with Gasteiger partial charge in [-0.05, 0) is 26.7 Å². The summed E-state index contributed by atoms with van der Waals surface area (Å²) in [5, 5.41) is 9.13. The number of carboxylic acids is 1. The van der Waals surface area contributed by atoms with Gasteiger partial charge in [-0.2, -0.15) is 0 Å². The number of carbonyl (C=O) groups excluding carboxylic acids is 2. The predicted molar refractivity (Wildman–Crippen MR) is 71.9 cm³/mol. The number of hydrogen-bond donors (Lipinski definition) is 1. The Hall–Kier alpha value is -2.11. The van der Waals surface area contributed by atoms with E-state index in [1.165, 1.54) is 0 Å². The van der Waals surface area contributed by atoms with Crippen LogP contribution in [0, 0.1) is 5.92 Å². The molecule has 20 heavy (non-hydrogen) atoms. The highest BCUT2D eigenvalue weighted by molar-refractivity contribution is 5.81. The molecule has 0 saturated heterocycles. The van der Waals surface area contributed by atoms with Crippen LogP contribution in [0.2, 0.25) is 0 Å². The fourth-order valence-corrected chi connectivity index (χ4v) is 1.69. The third kappa shape index (κ3) is 7.35. The van der Waals surface area contributed by atoms with Crippen molar-refractivity contribution in [2.75, 3.05) is 0 Å².